The minimum atomic E-state index is -1.67. The van der Waals surface area contributed by atoms with Crippen LogP contribution in [0.25, 0.3) is 0 Å². The van der Waals surface area contributed by atoms with Crippen molar-refractivity contribution in [3.63, 3.8) is 0 Å². The summed E-state index contributed by atoms with van der Waals surface area (Å²) in [6, 6.07) is -14.4. The lowest BCUT2D eigenvalue weighted by Crippen LogP contribution is -2.64. The molecule has 4 N–H and O–H groups in total. The fraction of sp³-hybridized carbons (Fsp3) is 0.788. The smallest absolute Gasteiger partial charge is 0.306 e. The van der Waals surface area contributed by atoms with Gasteiger partial charge >= 0.3 is 5.97 Å². The average molecular weight is 1320 g/mol. The number of carbonyl (C=O) groups is 12. The van der Waals surface area contributed by atoms with Crippen LogP contribution in [0.15, 0.2) is 12.2 Å². The van der Waals surface area contributed by atoms with E-state index in [0.29, 0.717) is 0 Å². The molecular formula is C66H115N11O14S. The summed E-state index contributed by atoms with van der Waals surface area (Å²) in [5.74, 6) is -10.3. The molecule has 11 amide bonds. The third-order valence-electron chi connectivity index (χ3n) is 18.0. The van der Waals surface area contributed by atoms with Crippen molar-refractivity contribution in [3.8, 4) is 0 Å². The molecule has 0 aromatic carbocycles. The van der Waals surface area contributed by atoms with E-state index in [-0.39, 0.29) is 74.2 Å². The molecule has 0 aliphatic carbocycles. The van der Waals surface area contributed by atoms with Gasteiger partial charge in [-0.25, -0.2) is 0 Å². The van der Waals surface area contributed by atoms with E-state index in [1.54, 1.807) is 67.5 Å². The number of carbonyl (C=O) groups excluding carboxylic acids is 12. The Morgan fingerprint density at radius 2 is 1.04 bits per heavy atom. The van der Waals surface area contributed by atoms with Crippen LogP contribution in [0.4, 0.5) is 0 Å². The first-order chi connectivity index (χ1) is 42.7. The second-order valence-electron chi connectivity index (χ2n) is 27.4. The summed E-state index contributed by atoms with van der Waals surface area (Å²) < 4.78 is 4.85. The van der Waals surface area contributed by atoms with Crippen LogP contribution in [0.3, 0.4) is 0 Å². The molecule has 524 valence electrons. The molecule has 2 aliphatic heterocycles. The van der Waals surface area contributed by atoms with Crippen molar-refractivity contribution in [2.45, 2.75) is 234 Å². The molecule has 1 unspecified atom stereocenters. The molecule has 0 spiro atoms. The normalized spacial score (nSPS) is 27.8. The number of thioether (sulfide) groups is 1. The van der Waals surface area contributed by atoms with Gasteiger partial charge in [-0.15, -0.1) is 0 Å². The highest BCUT2D eigenvalue weighted by Crippen LogP contribution is 2.29. The zero-order valence-corrected chi connectivity index (χ0v) is 60.5. The minimum absolute atomic E-state index is 0.0319. The monoisotopic (exact) mass is 1320 g/mol. The van der Waals surface area contributed by atoms with Gasteiger partial charge in [0.1, 0.15) is 66.5 Å². The van der Waals surface area contributed by atoms with Crippen LogP contribution in [-0.2, 0) is 62.3 Å². The molecule has 0 saturated carbocycles. The quantitative estimate of drug-likeness (QED) is 0.0869. The zero-order chi connectivity index (χ0) is 70.8. The largest absolute Gasteiger partial charge is 0.469 e. The number of likely N-dealkylation sites (N-methyl/N-ethyl adjacent to an activating group) is 7. The van der Waals surface area contributed by atoms with Crippen molar-refractivity contribution in [1.29, 1.82) is 0 Å². The molecule has 92 heavy (non-hydrogen) atoms. The summed E-state index contributed by atoms with van der Waals surface area (Å²) in [6.07, 6.45) is 2.72. The van der Waals surface area contributed by atoms with Crippen LogP contribution in [0, 0.1) is 35.5 Å². The second-order valence-corrected chi connectivity index (χ2v) is 28.5. The number of nitrogens with zero attached hydrogens (tertiary/aromatic N) is 8. The van der Waals surface area contributed by atoms with Crippen LogP contribution in [0.1, 0.15) is 156 Å². The first kappa shape index (κ1) is 81.8. The highest BCUT2D eigenvalue weighted by atomic mass is 32.2. The van der Waals surface area contributed by atoms with E-state index in [1.807, 2.05) is 41.5 Å². The summed E-state index contributed by atoms with van der Waals surface area (Å²) in [7, 11) is 11.2. The van der Waals surface area contributed by atoms with E-state index in [0.717, 1.165) is 9.80 Å². The van der Waals surface area contributed by atoms with Gasteiger partial charge in [-0.3, -0.25) is 57.5 Å². The van der Waals surface area contributed by atoms with Crippen LogP contribution in [0.2, 0.25) is 0 Å². The van der Waals surface area contributed by atoms with E-state index < -0.39 is 167 Å². The Bertz CT molecular complexity index is 2600. The van der Waals surface area contributed by atoms with E-state index in [1.165, 1.54) is 111 Å². The lowest BCUT2D eigenvalue weighted by molar-refractivity contribution is -0.157. The number of fused-ring (bicyclic) bond motifs is 2. The number of aliphatic hydroxyl groups excluding tert-OH is 1. The predicted molar refractivity (Wildman–Crippen MR) is 355 cm³/mol. The summed E-state index contributed by atoms with van der Waals surface area (Å²) in [6.45, 7) is 27.9. The molecule has 0 aromatic rings. The standard InChI is InChI=1S/C66H115N11O14S/c1-25-27-28-41(13)55(79)54-58(82)68-45(26-2)60(84)74(21)50(35-92-30-29-51(78)91-24)63(87)70(17)46(31-36(3)4)57(81)69-52(39(9)10)65(89)73(20)49-34-42(14)77(64(49)88)44(16)56(80)67-43(15)59(83)71(18)47(32-37(5)6)61(85)72(19)48(33-38(7)8)62(86)75(22)53(40(11)12)66(90)76(54)23/h25,27,36-50,52-55,79H,26,28-35H2,1-24H3,(H,67,80)(H,68,82)(H,69,81)/b27-25+/t41-,42?,43-,44+,45+,46+,47+,48+,49+,50-,52+,53+,54+,55-/m1/s1. The molecule has 2 saturated heterocycles. The van der Waals surface area contributed by atoms with Crippen molar-refractivity contribution in [3.05, 3.63) is 12.2 Å². The summed E-state index contributed by atoms with van der Waals surface area (Å²) in [4.78, 5) is 186. The molecule has 2 fully saturated rings. The van der Waals surface area contributed by atoms with Crippen LogP contribution in [0.5, 0.6) is 0 Å². The van der Waals surface area contributed by atoms with Crippen molar-refractivity contribution in [2.24, 2.45) is 35.5 Å². The third-order valence-corrected chi connectivity index (χ3v) is 19.0. The number of ether oxygens (including phenoxy) is 1. The Morgan fingerprint density at radius 1 is 0.565 bits per heavy atom. The number of aliphatic hydroxyl groups is 1. The average Bonchev–Trinajstić information content (AvgIpc) is 1.45. The molecule has 0 aromatic heterocycles. The summed E-state index contributed by atoms with van der Waals surface area (Å²) >= 11 is 1.17. The maximum Gasteiger partial charge on any atom is 0.306 e. The molecule has 2 rings (SSSR count). The highest BCUT2D eigenvalue weighted by molar-refractivity contribution is 7.99. The maximum absolute atomic E-state index is 15.3. The Hall–Kier alpha value is -6.31. The van der Waals surface area contributed by atoms with E-state index in [4.69, 9.17) is 4.74 Å². The van der Waals surface area contributed by atoms with Gasteiger partial charge in [0.05, 0.1) is 19.6 Å². The lowest BCUT2D eigenvalue weighted by Gasteiger charge is -2.41. The Labute approximate surface area is 552 Å². The van der Waals surface area contributed by atoms with E-state index in [9.17, 15) is 33.9 Å². The van der Waals surface area contributed by atoms with Crippen LogP contribution < -0.4 is 16.0 Å². The maximum atomic E-state index is 15.3. The molecule has 2 heterocycles. The van der Waals surface area contributed by atoms with Crippen LogP contribution >= 0.6 is 11.8 Å². The number of nitrogens with one attached hydrogen (secondary N) is 3. The molecule has 2 bridgehead atoms. The molecule has 26 heteroatoms. The minimum Gasteiger partial charge on any atom is -0.469 e. The Kier molecular flexibility index (Phi) is 32.9. The van der Waals surface area contributed by atoms with Gasteiger partial charge < -0.3 is 65.0 Å². The first-order valence-corrected chi connectivity index (χ1v) is 33.9. The van der Waals surface area contributed by atoms with Crippen molar-refractivity contribution in [2.75, 3.05) is 67.9 Å². The highest BCUT2D eigenvalue weighted by Gasteiger charge is 2.49. The number of hydrogen-bond donors (Lipinski definition) is 4. The first-order valence-electron chi connectivity index (χ1n) is 32.7. The molecule has 25 nitrogen and oxygen atoms in total. The van der Waals surface area contributed by atoms with Crippen molar-refractivity contribution < 1.29 is 67.4 Å². The Balaban J connectivity index is 3.09. The van der Waals surface area contributed by atoms with E-state index in [2.05, 4.69) is 16.0 Å². The van der Waals surface area contributed by atoms with Gasteiger partial charge in [-0.2, -0.15) is 11.8 Å². The lowest BCUT2D eigenvalue weighted by atomic mass is 9.91. The van der Waals surface area contributed by atoms with Gasteiger partial charge in [-0.1, -0.05) is 95.2 Å². The number of esters is 1. The number of hydrogen-bond acceptors (Lipinski definition) is 15. The fourth-order valence-corrected chi connectivity index (χ4v) is 13.2. The van der Waals surface area contributed by atoms with Gasteiger partial charge in [0.15, 0.2) is 0 Å². The van der Waals surface area contributed by atoms with Crippen molar-refractivity contribution in [1.82, 2.24) is 55.1 Å². The molecule has 2 aliphatic rings. The van der Waals surface area contributed by atoms with E-state index >= 15 is 28.8 Å². The van der Waals surface area contributed by atoms with Gasteiger partial charge in [0.2, 0.25) is 65.0 Å². The topological polar surface area (TPSA) is 296 Å². The number of amides is 11. The molecular weight excluding hydrogens is 1200 g/mol. The van der Waals surface area contributed by atoms with Gasteiger partial charge in [0.25, 0.3) is 0 Å². The van der Waals surface area contributed by atoms with Gasteiger partial charge in [-0.05, 0) is 102 Å². The second kappa shape index (κ2) is 37.0. The third kappa shape index (κ3) is 21.1. The summed E-state index contributed by atoms with van der Waals surface area (Å²) in [5, 5.41) is 20.7. The Morgan fingerprint density at radius 3 is 1.53 bits per heavy atom. The predicted octanol–water partition coefficient (Wildman–Crippen LogP) is 3.39. The number of allylic oxidation sites excluding steroid dienone is 2. The molecule has 0 radical (unpaired) electrons. The zero-order valence-electron chi connectivity index (χ0n) is 59.7. The SMILES string of the molecule is C/C=C/C[C@@H](C)[C@@H](O)[C@H]1C(=O)N[C@@H](CC)C(=O)N(C)[C@H](CSCCC(=O)OC)C(=O)N(C)[C@@H](CC(C)C)C(=O)N[C@@H](C(C)C)C(=O)N(C)[C@H]2CC(C)N(C2=O)[C@@H](C)C(=O)N[C@H](C)C(=O)N(C)[C@@H](CC(C)C)C(=O)N(C)[C@@H](CC(C)C)C(=O)N(C)[C@@H](C(C)C)C(=O)N1C. The summed E-state index contributed by atoms with van der Waals surface area (Å²) in [5.41, 5.74) is 0. The molecule has 14 atom stereocenters. The van der Waals surface area contributed by atoms with Crippen molar-refractivity contribution >= 4 is 82.7 Å². The van der Waals surface area contributed by atoms with Gasteiger partial charge in [0, 0.05) is 66.9 Å². The van der Waals surface area contributed by atoms with Crippen LogP contribution in [-0.4, -0.2) is 262 Å². The number of methoxy groups -OCH3 is 1. The fourth-order valence-electron chi connectivity index (χ4n) is 12.1. The number of rotatable bonds is 18.